The summed E-state index contributed by atoms with van der Waals surface area (Å²) in [4.78, 5) is 22.9. The van der Waals surface area contributed by atoms with Gasteiger partial charge in [-0.25, -0.2) is 9.59 Å². The molecule has 4 rings (SSSR count). The zero-order valence-corrected chi connectivity index (χ0v) is 32.8. The molecule has 4 nitrogen and oxygen atoms in total. The number of hydrogen-bond donors (Lipinski definition) is 0. The van der Waals surface area contributed by atoms with Gasteiger partial charge >= 0.3 is 11.9 Å². The Labute approximate surface area is 315 Å². The zero-order valence-electron chi connectivity index (χ0n) is 24.9. The van der Waals surface area contributed by atoms with Crippen LogP contribution in [0.4, 0.5) is 0 Å². The van der Waals surface area contributed by atoms with Crippen LogP contribution < -0.4 is 0 Å². The van der Waals surface area contributed by atoms with Gasteiger partial charge in [-0.2, -0.15) is 0 Å². The lowest BCUT2D eigenvalue weighted by Gasteiger charge is -2.24. The highest BCUT2D eigenvalue weighted by molar-refractivity contribution is 9.11. The zero-order chi connectivity index (χ0) is 33.4. The van der Waals surface area contributed by atoms with Crippen LogP contribution in [0.3, 0.4) is 0 Å². The molecule has 0 bridgehead atoms. The predicted molar refractivity (Wildman–Crippen MR) is 203 cm³/mol. The second kappa shape index (κ2) is 20.0. The summed E-state index contributed by atoms with van der Waals surface area (Å²) in [7, 11) is 0. The summed E-state index contributed by atoms with van der Waals surface area (Å²) in [5.41, 5.74) is 3.48. The van der Waals surface area contributed by atoms with E-state index in [4.69, 9.17) is 32.7 Å². The van der Waals surface area contributed by atoms with Crippen molar-refractivity contribution in [1.29, 1.82) is 0 Å². The molecule has 46 heavy (non-hydrogen) atoms. The summed E-state index contributed by atoms with van der Waals surface area (Å²) in [6, 6.07) is 34.4. The summed E-state index contributed by atoms with van der Waals surface area (Å²) in [6.07, 6.45) is 3.12. The summed E-state index contributed by atoms with van der Waals surface area (Å²) in [5.74, 6) is -0.716. The van der Waals surface area contributed by atoms with Crippen LogP contribution in [-0.4, -0.2) is 45.6 Å². The molecule has 0 aromatic heterocycles. The number of alkyl halides is 4. The van der Waals surface area contributed by atoms with Gasteiger partial charge in [0, 0.05) is 19.6 Å². The molecular weight excluding hydrogens is 887 g/mol. The first-order valence-corrected chi connectivity index (χ1v) is 19.1. The van der Waals surface area contributed by atoms with Crippen LogP contribution in [0.1, 0.15) is 44.7 Å². The summed E-state index contributed by atoms with van der Waals surface area (Å²) < 4.78 is 12.6. The fourth-order valence-corrected chi connectivity index (χ4v) is 5.82. The lowest BCUT2D eigenvalue weighted by Crippen LogP contribution is -2.32. The van der Waals surface area contributed by atoms with Gasteiger partial charge in [0.1, 0.15) is 13.2 Å². The lowest BCUT2D eigenvalue weighted by molar-refractivity contribution is 0.0457. The van der Waals surface area contributed by atoms with E-state index < -0.39 is 9.75 Å². The third kappa shape index (κ3) is 13.8. The number of esters is 2. The molecule has 10 heteroatoms. The first-order chi connectivity index (χ1) is 22.0. The van der Waals surface area contributed by atoms with Gasteiger partial charge in [-0.1, -0.05) is 124 Å². The Morgan fingerprint density at radius 2 is 0.870 bits per heavy atom. The number of halogens is 6. The molecular formula is C36H34Br4Cl2O4. The standard InChI is InChI=1S/2C18H17Br2ClO2/c2*19-12-18(21,11-10-14-4-2-1-3-5-14)13-23-17(22)15-6-8-16(20)9-7-15/h2*1-9H,10-13H2/t2*18-/m00/s1. The van der Waals surface area contributed by atoms with Gasteiger partial charge in [0.05, 0.1) is 20.9 Å². The normalized spacial score (nSPS) is 13.3. The Bertz CT molecular complexity index is 1380. The molecule has 0 spiro atoms. The van der Waals surface area contributed by atoms with Crippen molar-refractivity contribution < 1.29 is 19.1 Å². The third-order valence-corrected chi connectivity index (χ3v) is 11.7. The molecule has 4 aromatic carbocycles. The van der Waals surface area contributed by atoms with E-state index in [0.717, 1.165) is 34.6 Å². The number of carbonyl (C=O) groups excluding carboxylic acids is 2. The quantitative estimate of drug-likeness (QED) is 0.0934. The molecule has 4 aromatic rings. The highest BCUT2D eigenvalue weighted by atomic mass is 79.9. The van der Waals surface area contributed by atoms with E-state index in [9.17, 15) is 9.59 Å². The number of ether oxygens (including phenoxy) is 2. The largest absolute Gasteiger partial charge is 0.460 e. The maximum absolute atomic E-state index is 12.1. The van der Waals surface area contributed by atoms with Crippen LogP contribution in [0.2, 0.25) is 0 Å². The Hall–Kier alpha value is -1.68. The van der Waals surface area contributed by atoms with E-state index in [1.807, 2.05) is 60.7 Å². The minimum atomic E-state index is -0.610. The number of carbonyl (C=O) groups is 2. The fourth-order valence-electron chi connectivity index (χ4n) is 4.11. The van der Waals surface area contributed by atoms with Gasteiger partial charge < -0.3 is 9.47 Å². The molecule has 0 aliphatic carbocycles. The van der Waals surface area contributed by atoms with Crippen LogP contribution in [0, 0.1) is 0 Å². The van der Waals surface area contributed by atoms with Crippen molar-refractivity contribution >= 4 is 98.9 Å². The smallest absolute Gasteiger partial charge is 0.338 e. The molecule has 0 saturated heterocycles. The van der Waals surface area contributed by atoms with Crippen LogP contribution >= 0.6 is 86.9 Å². The van der Waals surface area contributed by atoms with E-state index >= 15 is 0 Å². The molecule has 0 saturated carbocycles. The van der Waals surface area contributed by atoms with Crippen LogP contribution in [0.5, 0.6) is 0 Å². The number of hydrogen-bond acceptors (Lipinski definition) is 4. The van der Waals surface area contributed by atoms with E-state index in [1.54, 1.807) is 24.3 Å². The van der Waals surface area contributed by atoms with E-state index in [-0.39, 0.29) is 25.2 Å². The Balaban J connectivity index is 0.000000250. The molecule has 244 valence electrons. The van der Waals surface area contributed by atoms with Crippen LogP contribution in [-0.2, 0) is 22.3 Å². The van der Waals surface area contributed by atoms with Crippen molar-refractivity contribution in [3.8, 4) is 0 Å². The van der Waals surface area contributed by atoms with Gasteiger partial charge in [0.25, 0.3) is 0 Å². The fraction of sp³-hybridized carbons (Fsp3) is 0.278. The molecule has 0 aliphatic rings. The van der Waals surface area contributed by atoms with Gasteiger partial charge in [-0.15, -0.1) is 23.2 Å². The molecule has 0 N–H and O–H groups in total. The van der Waals surface area contributed by atoms with Gasteiger partial charge in [-0.05, 0) is 85.3 Å². The van der Waals surface area contributed by atoms with Gasteiger partial charge in [-0.3, -0.25) is 0 Å². The maximum Gasteiger partial charge on any atom is 0.338 e. The molecule has 0 aliphatic heterocycles. The van der Waals surface area contributed by atoms with E-state index in [0.29, 0.717) is 21.8 Å². The first-order valence-electron chi connectivity index (χ1n) is 14.5. The maximum atomic E-state index is 12.1. The summed E-state index contributed by atoms with van der Waals surface area (Å²) in [5, 5.41) is 1.12. The van der Waals surface area contributed by atoms with Crippen LogP contribution in [0.25, 0.3) is 0 Å². The second-order valence-corrected chi connectivity index (χ2v) is 15.3. The average molecular weight is 921 g/mol. The SMILES string of the molecule is O=C(OC[C@@](Cl)(CBr)CCc1ccccc1)c1ccc(Br)cc1.O=C(OC[C@@](Cl)(CBr)CCc1ccccc1)c1ccc(Br)cc1. The minimum absolute atomic E-state index is 0.168. The predicted octanol–water partition coefficient (Wildman–Crippen LogP) is 11.2. The third-order valence-electron chi connectivity index (χ3n) is 6.97. The van der Waals surface area contributed by atoms with Gasteiger partial charge in [0.2, 0.25) is 0 Å². The Morgan fingerprint density at radius 1 is 0.543 bits per heavy atom. The number of rotatable bonds is 14. The van der Waals surface area contributed by atoms with Crippen molar-refractivity contribution in [3.05, 3.63) is 140 Å². The highest BCUT2D eigenvalue weighted by Crippen LogP contribution is 2.27. The number of benzene rings is 4. The first kappa shape index (κ1) is 38.8. The number of aryl methyl sites for hydroxylation is 2. The van der Waals surface area contributed by atoms with E-state index in [2.05, 4.69) is 88.0 Å². The Morgan fingerprint density at radius 3 is 1.17 bits per heavy atom. The van der Waals surface area contributed by atoms with Crippen molar-refractivity contribution in [2.45, 2.75) is 35.4 Å². The molecule has 0 radical (unpaired) electrons. The molecule has 2 atom stereocenters. The van der Waals surface area contributed by atoms with Crippen molar-refractivity contribution in [2.75, 3.05) is 23.9 Å². The summed E-state index contributed by atoms with van der Waals surface area (Å²) in [6.45, 7) is 0.336. The monoisotopic (exact) mass is 916 g/mol. The van der Waals surface area contributed by atoms with Gasteiger partial charge in [0.15, 0.2) is 0 Å². The van der Waals surface area contributed by atoms with Crippen molar-refractivity contribution in [3.63, 3.8) is 0 Å². The molecule has 0 amide bonds. The molecule has 0 unspecified atom stereocenters. The Kier molecular flexibility index (Phi) is 16.8. The van der Waals surface area contributed by atoms with Crippen molar-refractivity contribution in [1.82, 2.24) is 0 Å². The van der Waals surface area contributed by atoms with Crippen molar-refractivity contribution in [2.24, 2.45) is 0 Å². The lowest BCUT2D eigenvalue weighted by atomic mass is 10.0. The van der Waals surface area contributed by atoms with E-state index in [1.165, 1.54) is 11.1 Å². The molecule has 0 fully saturated rings. The van der Waals surface area contributed by atoms with Crippen LogP contribution in [0.15, 0.2) is 118 Å². The topological polar surface area (TPSA) is 52.6 Å². The second-order valence-electron chi connectivity index (χ2n) is 10.7. The highest BCUT2D eigenvalue weighted by Gasteiger charge is 2.29. The average Bonchev–Trinajstić information content (AvgIpc) is 3.09. The summed E-state index contributed by atoms with van der Waals surface area (Å²) >= 11 is 26.7. The minimum Gasteiger partial charge on any atom is -0.460 e. The molecule has 0 heterocycles.